The molecule has 0 spiro atoms. The molecule has 0 aliphatic carbocycles. The van der Waals surface area contributed by atoms with E-state index in [9.17, 15) is 26.7 Å². The summed E-state index contributed by atoms with van der Waals surface area (Å²) in [4.78, 5) is 28.7. The van der Waals surface area contributed by atoms with Gasteiger partial charge in [-0.25, -0.2) is 18.7 Å². The van der Waals surface area contributed by atoms with Crippen LogP contribution in [0.1, 0.15) is 59.6 Å². The largest absolute Gasteiger partial charge is 0.416 e. The first-order valence-corrected chi connectivity index (χ1v) is 12.4. The topological polar surface area (TPSA) is 67.7 Å². The molecule has 39 heavy (non-hydrogen) atoms. The number of benzene rings is 2. The Morgan fingerprint density at radius 1 is 1.05 bits per heavy atom. The van der Waals surface area contributed by atoms with E-state index in [2.05, 4.69) is 15.1 Å². The highest BCUT2D eigenvalue weighted by Crippen LogP contribution is 2.33. The zero-order chi connectivity index (χ0) is 28.3. The number of hydrogen-bond donors (Lipinski definition) is 0. The summed E-state index contributed by atoms with van der Waals surface area (Å²) in [7, 11) is 0. The lowest BCUT2D eigenvalue weighted by atomic mass is 9.88. The number of halogens is 5. The highest BCUT2D eigenvalue weighted by atomic mass is 19.4. The molecule has 6 nitrogen and oxygen atoms in total. The van der Waals surface area contributed by atoms with Gasteiger partial charge in [0.1, 0.15) is 17.5 Å². The van der Waals surface area contributed by atoms with Crippen LogP contribution < -0.4 is 4.84 Å². The SMILES string of the molecule is CC(=NOc1cccc(C(F)(F)F)c1)c1c(C)nc(C)nc1C1CCN(C(=O)Cc2c(F)cccc2F)CC1. The van der Waals surface area contributed by atoms with Crippen LogP contribution >= 0.6 is 0 Å². The van der Waals surface area contributed by atoms with Crippen LogP contribution in [0.2, 0.25) is 0 Å². The number of rotatable bonds is 6. The van der Waals surface area contributed by atoms with E-state index in [0.29, 0.717) is 54.4 Å². The van der Waals surface area contributed by atoms with Crippen LogP contribution in [0.3, 0.4) is 0 Å². The van der Waals surface area contributed by atoms with Gasteiger partial charge in [-0.2, -0.15) is 13.2 Å². The van der Waals surface area contributed by atoms with Crippen molar-refractivity contribution in [2.45, 2.75) is 52.1 Å². The molecule has 0 unspecified atom stereocenters. The summed E-state index contributed by atoms with van der Waals surface area (Å²) in [6.45, 7) is 5.96. The van der Waals surface area contributed by atoms with Crippen molar-refractivity contribution in [3.8, 4) is 5.75 Å². The summed E-state index contributed by atoms with van der Waals surface area (Å²) in [6.07, 6.45) is -3.77. The second kappa shape index (κ2) is 11.5. The first kappa shape index (κ1) is 28.1. The van der Waals surface area contributed by atoms with E-state index in [1.165, 1.54) is 18.2 Å². The van der Waals surface area contributed by atoms with Gasteiger partial charge in [0.25, 0.3) is 0 Å². The van der Waals surface area contributed by atoms with Crippen LogP contribution in [0.5, 0.6) is 5.75 Å². The lowest BCUT2D eigenvalue weighted by molar-refractivity contribution is -0.137. The van der Waals surface area contributed by atoms with Crippen LogP contribution in [0, 0.1) is 25.5 Å². The number of aromatic nitrogens is 2. The molecule has 1 amide bonds. The third-order valence-electron chi connectivity index (χ3n) is 6.66. The molecule has 0 radical (unpaired) electrons. The maximum atomic E-state index is 14.0. The molecule has 206 valence electrons. The Kier molecular flexibility index (Phi) is 8.27. The number of carbonyl (C=O) groups is 1. The Hall–Kier alpha value is -3.89. The number of hydrogen-bond acceptors (Lipinski definition) is 5. The van der Waals surface area contributed by atoms with Gasteiger partial charge in [-0.15, -0.1) is 0 Å². The van der Waals surface area contributed by atoms with E-state index in [0.717, 1.165) is 24.3 Å². The van der Waals surface area contributed by atoms with Crippen molar-refractivity contribution < 1.29 is 31.6 Å². The molecule has 2 aromatic carbocycles. The third-order valence-corrected chi connectivity index (χ3v) is 6.66. The molecular formula is C28H27F5N4O2. The van der Waals surface area contributed by atoms with Gasteiger partial charge in [-0.05, 0) is 63.9 Å². The van der Waals surface area contributed by atoms with E-state index < -0.39 is 23.4 Å². The molecule has 0 bridgehead atoms. The summed E-state index contributed by atoms with van der Waals surface area (Å²) < 4.78 is 67.1. The Labute approximate surface area is 222 Å². The van der Waals surface area contributed by atoms with E-state index >= 15 is 0 Å². The van der Waals surface area contributed by atoms with Gasteiger partial charge in [-0.3, -0.25) is 4.79 Å². The molecule has 1 saturated heterocycles. The van der Waals surface area contributed by atoms with Crippen molar-refractivity contribution in [2.75, 3.05) is 13.1 Å². The normalized spacial score (nSPS) is 15.0. The summed E-state index contributed by atoms with van der Waals surface area (Å²) in [6, 6.07) is 7.94. The number of likely N-dealkylation sites (tertiary alicyclic amines) is 1. The van der Waals surface area contributed by atoms with E-state index in [1.54, 1.807) is 25.7 Å². The quantitative estimate of drug-likeness (QED) is 0.212. The summed E-state index contributed by atoms with van der Waals surface area (Å²) >= 11 is 0. The Morgan fingerprint density at radius 2 is 1.69 bits per heavy atom. The molecule has 0 atom stereocenters. The van der Waals surface area contributed by atoms with Crippen molar-refractivity contribution in [3.05, 3.63) is 88.0 Å². The molecule has 1 aliphatic heterocycles. The molecular weight excluding hydrogens is 519 g/mol. The Balaban J connectivity index is 1.50. The minimum absolute atomic E-state index is 0.0606. The predicted octanol–water partition coefficient (Wildman–Crippen LogP) is 6.14. The van der Waals surface area contributed by atoms with E-state index in [-0.39, 0.29) is 29.6 Å². The predicted molar refractivity (Wildman–Crippen MR) is 134 cm³/mol. The number of piperidine rings is 1. The standard InChI is InChI=1S/C28H27F5N4O2/c1-16-26(17(2)36-39-21-7-4-6-20(14-21)28(31,32)33)27(35-18(3)34-16)19-10-12-37(13-11-19)25(38)15-22-23(29)8-5-9-24(22)30/h4-9,14,19H,10-13,15H2,1-3H3. The average Bonchev–Trinajstić information content (AvgIpc) is 2.88. The maximum absolute atomic E-state index is 14.0. The maximum Gasteiger partial charge on any atom is 0.416 e. The monoisotopic (exact) mass is 546 g/mol. The van der Waals surface area contributed by atoms with Gasteiger partial charge in [-0.1, -0.05) is 17.3 Å². The van der Waals surface area contributed by atoms with Crippen LogP contribution in [0.15, 0.2) is 47.6 Å². The lowest BCUT2D eigenvalue weighted by Gasteiger charge is -2.33. The molecule has 0 N–H and O–H groups in total. The fourth-order valence-corrected chi connectivity index (χ4v) is 4.74. The van der Waals surface area contributed by atoms with Gasteiger partial charge in [0, 0.05) is 30.1 Å². The number of amides is 1. The first-order chi connectivity index (χ1) is 18.4. The second-order valence-corrected chi connectivity index (χ2v) is 9.44. The molecule has 11 heteroatoms. The smallest absolute Gasteiger partial charge is 0.357 e. The molecule has 2 heterocycles. The zero-order valence-corrected chi connectivity index (χ0v) is 21.6. The van der Waals surface area contributed by atoms with Crippen molar-refractivity contribution in [2.24, 2.45) is 5.16 Å². The molecule has 1 aliphatic rings. The van der Waals surface area contributed by atoms with Crippen LogP contribution in [-0.2, 0) is 17.4 Å². The number of aryl methyl sites for hydroxylation is 2. The van der Waals surface area contributed by atoms with Gasteiger partial charge >= 0.3 is 6.18 Å². The minimum Gasteiger partial charge on any atom is -0.357 e. The van der Waals surface area contributed by atoms with Crippen LogP contribution in [-0.4, -0.2) is 39.6 Å². The molecule has 0 saturated carbocycles. The summed E-state index contributed by atoms with van der Waals surface area (Å²) in [5, 5.41) is 4.07. The van der Waals surface area contributed by atoms with Crippen molar-refractivity contribution >= 4 is 11.6 Å². The summed E-state index contributed by atoms with van der Waals surface area (Å²) in [5.41, 5.74) is 1.28. The van der Waals surface area contributed by atoms with Gasteiger partial charge in [0.05, 0.1) is 29.1 Å². The van der Waals surface area contributed by atoms with Gasteiger partial charge in [0.2, 0.25) is 5.91 Å². The molecule has 4 rings (SSSR count). The fourth-order valence-electron chi connectivity index (χ4n) is 4.74. The zero-order valence-electron chi connectivity index (χ0n) is 21.6. The number of alkyl halides is 3. The van der Waals surface area contributed by atoms with Crippen LogP contribution in [0.4, 0.5) is 22.0 Å². The molecule has 3 aromatic rings. The molecule has 1 fully saturated rings. The summed E-state index contributed by atoms with van der Waals surface area (Å²) in [5.74, 6) is -1.44. The highest BCUT2D eigenvalue weighted by molar-refractivity contribution is 6.00. The van der Waals surface area contributed by atoms with Gasteiger partial charge in [0.15, 0.2) is 5.75 Å². The first-order valence-electron chi connectivity index (χ1n) is 12.4. The number of carbonyl (C=O) groups excluding carboxylic acids is 1. The van der Waals surface area contributed by atoms with Crippen molar-refractivity contribution in [3.63, 3.8) is 0 Å². The third kappa shape index (κ3) is 6.58. The van der Waals surface area contributed by atoms with Crippen molar-refractivity contribution in [1.29, 1.82) is 0 Å². The lowest BCUT2D eigenvalue weighted by Crippen LogP contribution is -2.39. The van der Waals surface area contributed by atoms with E-state index in [4.69, 9.17) is 4.84 Å². The van der Waals surface area contributed by atoms with Crippen LogP contribution in [0.25, 0.3) is 0 Å². The van der Waals surface area contributed by atoms with Gasteiger partial charge < -0.3 is 9.74 Å². The fraction of sp³-hybridized carbons (Fsp3) is 0.357. The van der Waals surface area contributed by atoms with E-state index in [1.807, 2.05) is 0 Å². The second-order valence-electron chi connectivity index (χ2n) is 9.44. The Morgan fingerprint density at radius 3 is 2.33 bits per heavy atom. The van der Waals surface area contributed by atoms with Crippen molar-refractivity contribution in [1.82, 2.24) is 14.9 Å². The average molecular weight is 547 g/mol. The minimum atomic E-state index is -4.51. The number of oxime groups is 1. The molecule has 1 aromatic heterocycles. The Bertz CT molecular complexity index is 1380. The highest BCUT2D eigenvalue weighted by Gasteiger charge is 2.31. The number of nitrogens with zero attached hydrogens (tertiary/aromatic N) is 4.